The molecule has 4 nitrogen and oxygen atoms in total. The molecule has 1 N–H and O–H groups in total. The van der Waals surface area contributed by atoms with Gasteiger partial charge in [0.2, 0.25) is 0 Å². The minimum absolute atomic E-state index is 0.388. The van der Waals surface area contributed by atoms with E-state index in [1.807, 2.05) is 11.9 Å². The molecule has 1 saturated heterocycles. The van der Waals surface area contributed by atoms with Crippen molar-refractivity contribution in [1.29, 1.82) is 0 Å². The van der Waals surface area contributed by atoms with Gasteiger partial charge in [-0.15, -0.1) is 0 Å². The quantitative estimate of drug-likeness (QED) is 0.931. The number of likely N-dealkylation sites (N-methyl/N-ethyl adjacent to an activating group) is 1. The van der Waals surface area contributed by atoms with E-state index in [0.29, 0.717) is 15.6 Å². The fourth-order valence-corrected chi connectivity index (χ4v) is 2.58. The van der Waals surface area contributed by atoms with Crippen molar-refractivity contribution in [3.05, 3.63) is 33.8 Å². The van der Waals surface area contributed by atoms with Crippen LogP contribution in [0.1, 0.15) is 11.6 Å². The Labute approximate surface area is 122 Å². The summed E-state index contributed by atoms with van der Waals surface area (Å²) in [5.41, 5.74) is 0.673. The highest BCUT2D eigenvalue weighted by molar-refractivity contribution is 6.42. The zero-order valence-corrected chi connectivity index (χ0v) is 12.2. The van der Waals surface area contributed by atoms with Gasteiger partial charge in [-0.1, -0.05) is 29.3 Å². The molecule has 104 valence electrons. The second-order valence-electron chi connectivity index (χ2n) is 4.75. The van der Waals surface area contributed by atoms with E-state index < -0.39 is 12.0 Å². The molecular formula is C13H16Cl2N2O2. The van der Waals surface area contributed by atoms with Crippen LogP contribution in [0, 0.1) is 0 Å². The van der Waals surface area contributed by atoms with Gasteiger partial charge in [0.1, 0.15) is 6.04 Å². The maximum Gasteiger partial charge on any atom is 0.325 e. The Kier molecular flexibility index (Phi) is 4.68. The molecular weight excluding hydrogens is 287 g/mol. The number of halogens is 2. The van der Waals surface area contributed by atoms with E-state index in [4.69, 9.17) is 23.2 Å². The number of carbonyl (C=O) groups is 1. The van der Waals surface area contributed by atoms with Crippen molar-refractivity contribution in [1.82, 2.24) is 9.80 Å². The van der Waals surface area contributed by atoms with Gasteiger partial charge in [0.15, 0.2) is 0 Å². The van der Waals surface area contributed by atoms with Crippen LogP contribution in [0.3, 0.4) is 0 Å². The highest BCUT2D eigenvalue weighted by atomic mass is 35.5. The first kappa shape index (κ1) is 14.6. The third-order valence-corrected chi connectivity index (χ3v) is 4.14. The van der Waals surface area contributed by atoms with E-state index >= 15 is 0 Å². The summed E-state index contributed by atoms with van der Waals surface area (Å²) >= 11 is 11.8. The highest BCUT2D eigenvalue weighted by Gasteiger charge is 2.29. The average Bonchev–Trinajstić information content (AvgIpc) is 2.36. The molecule has 1 aromatic carbocycles. The van der Waals surface area contributed by atoms with Crippen molar-refractivity contribution in [2.45, 2.75) is 6.04 Å². The topological polar surface area (TPSA) is 43.8 Å². The maximum atomic E-state index is 11.5. The largest absolute Gasteiger partial charge is 0.480 e. The first-order valence-electron chi connectivity index (χ1n) is 6.09. The molecule has 1 aliphatic rings. The third kappa shape index (κ3) is 3.39. The molecule has 1 unspecified atom stereocenters. The van der Waals surface area contributed by atoms with Gasteiger partial charge in [-0.05, 0) is 24.7 Å². The van der Waals surface area contributed by atoms with Crippen LogP contribution in [0.25, 0.3) is 0 Å². The Hall–Kier alpha value is -0.810. The minimum Gasteiger partial charge on any atom is -0.480 e. The van der Waals surface area contributed by atoms with Crippen molar-refractivity contribution >= 4 is 29.2 Å². The lowest BCUT2D eigenvalue weighted by Gasteiger charge is -2.36. The SMILES string of the molecule is CN1CCN(C(C(=O)O)c2ccc(Cl)c(Cl)c2)CC1. The van der Waals surface area contributed by atoms with Crippen LogP contribution in [-0.2, 0) is 4.79 Å². The summed E-state index contributed by atoms with van der Waals surface area (Å²) in [6.07, 6.45) is 0. The lowest BCUT2D eigenvalue weighted by Crippen LogP contribution is -2.47. The monoisotopic (exact) mass is 302 g/mol. The van der Waals surface area contributed by atoms with Crippen molar-refractivity contribution in [2.24, 2.45) is 0 Å². The molecule has 6 heteroatoms. The number of hydrogen-bond donors (Lipinski definition) is 1. The highest BCUT2D eigenvalue weighted by Crippen LogP contribution is 2.29. The van der Waals surface area contributed by atoms with Gasteiger partial charge in [0, 0.05) is 26.2 Å². The minimum atomic E-state index is -0.858. The Morgan fingerprint density at radius 2 is 1.84 bits per heavy atom. The average molecular weight is 303 g/mol. The number of benzene rings is 1. The summed E-state index contributed by atoms with van der Waals surface area (Å²) in [4.78, 5) is 15.7. The lowest BCUT2D eigenvalue weighted by molar-refractivity contribution is -0.144. The first-order valence-corrected chi connectivity index (χ1v) is 6.85. The molecule has 0 aliphatic carbocycles. The number of rotatable bonds is 3. The molecule has 19 heavy (non-hydrogen) atoms. The van der Waals surface area contributed by atoms with Crippen LogP contribution in [0.5, 0.6) is 0 Å². The predicted molar refractivity (Wildman–Crippen MR) is 75.9 cm³/mol. The zero-order chi connectivity index (χ0) is 14.0. The summed E-state index contributed by atoms with van der Waals surface area (Å²) in [6.45, 7) is 3.19. The molecule has 2 rings (SSSR count). The van der Waals surface area contributed by atoms with Crippen LogP contribution in [-0.4, -0.2) is 54.1 Å². The summed E-state index contributed by atoms with van der Waals surface area (Å²) in [5.74, 6) is -0.858. The fourth-order valence-electron chi connectivity index (χ4n) is 2.27. The van der Waals surface area contributed by atoms with Gasteiger partial charge in [0.05, 0.1) is 10.0 Å². The molecule has 0 radical (unpaired) electrons. The number of carboxylic acid groups (broad SMARTS) is 1. The Balaban J connectivity index is 2.24. The van der Waals surface area contributed by atoms with Crippen LogP contribution in [0.15, 0.2) is 18.2 Å². The molecule has 0 bridgehead atoms. The summed E-state index contributed by atoms with van der Waals surface area (Å²) in [7, 11) is 2.03. The molecule has 1 aliphatic heterocycles. The van der Waals surface area contributed by atoms with Gasteiger partial charge in [-0.2, -0.15) is 0 Å². The van der Waals surface area contributed by atoms with Crippen LogP contribution >= 0.6 is 23.2 Å². The number of aliphatic carboxylic acids is 1. The van der Waals surface area contributed by atoms with Crippen molar-refractivity contribution in [3.8, 4) is 0 Å². The van der Waals surface area contributed by atoms with Crippen LogP contribution in [0.2, 0.25) is 10.0 Å². The summed E-state index contributed by atoms with van der Waals surface area (Å²) < 4.78 is 0. The number of nitrogens with zero attached hydrogens (tertiary/aromatic N) is 2. The molecule has 1 aromatic rings. The van der Waals surface area contributed by atoms with Crippen molar-refractivity contribution in [3.63, 3.8) is 0 Å². The standard InChI is InChI=1S/C13H16Cl2N2O2/c1-16-4-6-17(7-5-16)12(13(18)19)9-2-3-10(14)11(15)8-9/h2-3,8,12H,4-7H2,1H3,(H,18,19). The number of piperazine rings is 1. The van der Waals surface area contributed by atoms with E-state index in [1.54, 1.807) is 18.2 Å². The molecule has 0 aromatic heterocycles. The van der Waals surface area contributed by atoms with Crippen LogP contribution < -0.4 is 0 Å². The second-order valence-corrected chi connectivity index (χ2v) is 5.57. The van der Waals surface area contributed by atoms with Gasteiger partial charge in [-0.25, -0.2) is 0 Å². The molecule has 0 spiro atoms. The predicted octanol–water partition coefficient (Wildman–Crippen LogP) is 2.37. The van der Waals surface area contributed by atoms with Crippen molar-refractivity contribution in [2.75, 3.05) is 33.2 Å². The van der Waals surface area contributed by atoms with E-state index in [2.05, 4.69) is 4.90 Å². The molecule has 0 amide bonds. The first-order chi connectivity index (χ1) is 8.99. The van der Waals surface area contributed by atoms with Crippen LogP contribution in [0.4, 0.5) is 0 Å². The van der Waals surface area contributed by atoms with E-state index in [0.717, 1.165) is 26.2 Å². The molecule has 1 heterocycles. The molecule has 1 fully saturated rings. The Morgan fingerprint density at radius 3 is 2.37 bits per heavy atom. The summed E-state index contributed by atoms with van der Waals surface area (Å²) in [6, 6.07) is 4.35. The molecule has 1 atom stereocenters. The number of carboxylic acids is 1. The van der Waals surface area contributed by atoms with Gasteiger partial charge in [0.25, 0.3) is 0 Å². The van der Waals surface area contributed by atoms with E-state index in [9.17, 15) is 9.90 Å². The van der Waals surface area contributed by atoms with Gasteiger partial charge < -0.3 is 10.0 Å². The van der Waals surface area contributed by atoms with Crippen molar-refractivity contribution < 1.29 is 9.90 Å². The zero-order valence-electron chi connectivity index (χ0n) is 10.6. The van der Waals surface area contributed by atoms with E-state index in [1.165, 1.54) is 0 Å². The Morgan fingerprint density at radius 1 is 1.21 bits per heavy atom. The summed E-state index contributed by atoms with van der Waals surface area (Å²) in [5, 5.41) is 10.3. The smallest absolute Gasteiger partial charge is 0.325 e. The fraction of sp³-hybridized carbons (Fsp3) is 0.462. The lowest BCUT2D eigenvalue weighted by atomic mass is 10.0. The second kappa shape index (κ2) is 6.09. The van der Waals surface area contributed by atoms with E-state index in [-0.39, 0.29) is 0 Å². The molecule has 0 saturated carbocycles. The maximum absolute atomic E-state index is 11.5. The Bertz CT molecular complexity index is 474. The normalized spacial score (nSPS) is 19.3. The number of hydrogen-bond acceptors (Lipinski definition) is 3. The van der Waals surface area contributed by atoms with Gasteiger partial charge >= 0.3 is 5.97 Å². The van der Waals surface area contributed by atoms with Gasteiger partial charge in [-0.3, -0.25) is 9.69 Å². The third-order valence-electron chi connectivity index (χ3n) is 3.40.